The number of nitrogens with zero attached hydrogens (tertiary/aromatic N) is 1. The number of fused-ring (bicyclic) bond motifs is 3. The molecule has 0 spiro atoms. The third kappa shape index (κ3) is 6.13. The van der Waals surface area contributed by atoms with Crippen molar-refractivity contribution in [3.05, 3.63) is 57.9 Å². The molecule has 4 N–H and O–H groups in total. The molecule has 3 atom stereocenters. The normalized spacial score (nSPS) is 15.3. The summed E-state index contributed by atoms with van der Waals surface area (Å²) >= 11 is 0. The Morgan fingerprint density at radius 1 is 1.10 bits per heavy atom. The Morgan fingerprint density at radius 2 is 1.85 bits per heavy atom. The second kappa shape index (κ2) is 12.8. The summed E-state index contributed by atoms with van der Waals surface area (Å²) in [6, 6.07) is 7.46. The summed E-state index contributed by atoms with van der Waals surface area (Å²) in [4.78, 5) is 39.2. The lowest BCUT2D eigenvalue weighted by Gasteiger charge is -2.23. The van der Waals surface area contributed by atoms with Crippen molar-refractivity contribution in [1.82, 2.24) is 15.5 Å². The highest BCUT2D eigenvalue weighted by molar-refractivity contribution is 5.96. The molecule has 3 aromatic rings. The third-order valence-electron chi connectivity index (χ3n) is 7.48. The lowest BCUT2D eigenvalue weighted by Crippen LogP contribution is -2.40. The van der Waals surface area contributed by atoms with Crippen molar-refractivity contribution in [2.75, 3.05) is 32.0 Å². The first-order chi connectivity index (χ1) is 19.7. The fraction of sp³-hybridized carbons (Fsp3) is 0.400. The SMILES string of the molecule is CC[C@@H](C)[C@H](Nc1ccc2c(cc1=O)[C@@H](NC(C)=O)CCc1cc(OC)c(OC)c(OC)c1-2)C(=O)Nc1ccn[nH]1. The van der Waals surface area contributed by atoms with Crippen LogP contribution in [0.2, 0.25) is 0 Å². The van der Waals surface area contributed by atoms with E-state index in [2.05, 4.69) is 26.1 Å². The van der Waals surface area contributed by atoms with Crippen molar-refractivity contribution in [1.29, 1.82) is 0 Å². The van der Waals surface area contributed by atoms with E-state index in [0.717, 1.165) is 11.1 Å². The Kier molecular flexibility index (Phi) is 9.16. The molecule has 0 bridgehead atoms. The van der Waals surface area contributed by atoms with Gasteiger partial charge in [0.25, 0.3) is 0 Å². The van der Waals surface area contributed by atoms with Crippen molar-refractivity contribution >= 4 is 23.3 Å². The molecular formula is C30H37N5O6. The molecule has 41 heavy (non-hydrogen) atoms. The highest BCUT2D eigenvalue weighted by Gasteiger charge is 2.30. The molecule has 1 aromatic heterocycles. The van der Waals surface area contributed by atoms with Gasteiger partial charge in [-0.15, -0.1) is 0 Å². The second-order valence-corrected chi connectivity index (χ2v) is 10.1. The lowest BCUT2D eigenvalue weighted by molar-refractivity contribution is -0.120. The number of anilines is 2. The first-order valence-corrected chi connectivity index (χ1v) is 13.6. The van der Waals surface area contributed by atoms with E-state index in [-0.39, 0.29) is 28.8 Å². The van der Waals surface area contributed by atoms with E-state index in [1.54, 1.807) is 32.5 Å². The summed E-state index contributed by atoms with van der Waals surface area (Å²) in [6.45, 7) is 5.38. The molecule has 11 heteroatoms. The number of hydrogen-bond acceptors (Lipinski definition) is 8. The van der Waals surface area contributed by atoms with Crippen LogP contribution < -0.4 is 35.6 Å². The number of rotatable bonds is 10. The average Bonchev–Trinajstić information content (AvgIpc) is 3.36. The Bertz CT molecular complexity index is 1470. The molecule has 0 aliphatic heterocycles. The Balaban J connectivity index is 1.88. The van der Waals surface area contributed by atoms with Crippen LogP contribution in [0.1, 0.15) is 50.8 Å². The van der Waals surface area contributed by atoms with Gasteiger partial charge in [0.2, 0.25) is 23.0 Å². The van der Waals surface area contributed by atoms with Crippen molar-refractivity contribution in [2.24, 2.45) is 5.92 Å². The third-order valence-corrected chi connectivity index (χ3v) is 7.48. The van der Waals surface area contributed by atoms with Crippen LogP contribution in [0.3, 0.4) is 0 Å². The van der Waals surface area contributed by atoms with Crippen LogP contribution in [-0.2, 0) is 16.0 Å². The maximum absolute atomic E-state index is 13.7. The standard InChI is InChI=1S/C30H37N5O6/c1-7-16(2)27(30(38)34-25-12-13-31-35-25)33-22-11-9-19-20(15-23(22)37)21(32-17(3)36)10-8-18-14-24(39-4)28(40-5)29(41-6)26(18)19/h9,11-16,21,27H,7-8,10H2,1-6H3,(H,32,36)(H,33,37)(H2,31,34,35,38)/t16-,21+,27+/m1/s1. The minimum Gasteiger partial charge on any atom is -0.493 e. The molecule has 0 saturated carbocycles. The van der Waals surface area contributed by atoms with E-state index in [1.165, 1.54) is 20.1 Å². The Morgan fingerprint density at radius 3 is 2.46 bits per heavy atom. The minimum atomic E-state index is -0.699. The van der Waals surface area contributed by atoms with Crippen LogP contribution in [0.25, 0.3) is 11.1 Å². The molecule has 1 aliphatic rings. The number of methoxy groups -OCH3 is 3. The van der Waals surface area contributed by atoms with Crippen LogP contribution in [0.15, 0.2) is 41.3 Å². The molecular weight excluding hydrogens is 526 g/mol. The number of ether oxygens (including phenoxy) is 3. The van der Waals surface area contributed by atoms with Crippen molar-refractivity contribution < 1.29 is 23.8 Å². The Hall–Kier alpha value is -4.54. The number of aromatic nitrogens is 2. The molecule has 0 saturated heterocycles. The summed E-state index contributed by atoms with van der Waals surface area (Å²) in [5, 5.41) is 15.6. The number of H-pyrrole nitrogens is 1. The van der Waals surface area contributed by atoms with Gasteiger partial charge in [-0.1, -0.05) is 26.3 Å². The van der Waals surface area contributed by atoms with Gasteiger partial charge >= 0.3 is 0 Å². The molecule has 2 aromatic carbocycles. The van der Waals surface area contributed by atoms with Crippen molar-refractivity contribution in [2.45, 2.75) is 52.1 Å². The number of aryl methyl sites for hydroxylation is 1. The zero-order valence-corrected chi connectivity index (χ0v) is 24.2. The molecule has 0 radical (unpaired) electrons. The van der Waals surface area contributed by atoms with Crippen molar-refractivity contribution in [3.8, 4) is 28.4 Å². The van der Waals surface area contributed by atoms with Gasteiger partial charge in [0.1, 0.15) is 11.9 Å². The van der Waals surface area contributed by atoms with Gasteiger partial charge in [-0.2, -0.15) is 5.10 Å². The van der Waals surface area contributed by atoms with Gasteiger partial charge in [-0.25, -0.2) is 0 Å². The number of hydrogen-bond donors (Lipinski definition) is 4. The van der Waals surface area contributed by atoms with Gasteiger partial charge in [0.05, 0.1) is 39.3 Å². The number of carbonyl (C=O) groups excluding carboxylic acids is 2. The first kappa shape index (κ1) is 29.4. The van der Waals surface area contributed by atoms with Gasteiger partial charge in [-0.05, 0) is 53.6 Å². The van der Waals surface area contributed by atoms with Crippen LogP contribution >= 0.6 is 0 Å². The maximum Gasteiger partial charge on any atom is 0.248 e. The molecule has 1 heterocycles. The van der Waals surface area contributed by atoms with Crippen LogP contribution in [0.4, 0.5) is 11.5 Å². The fourth-order valence-electron chi connectivity index (χ4n) is 5.23. The lowest BCUT2D eigenvalue weighted by atomic mass is 9.95. The van der Waals surface area contributed by atoms with Gasteiger partial charge in [0.15, 0.2) is 11.5 Å². The first-order valence-electron chi connectivity index (χ1n) is 13.6. The summed E-state index contributed by atoms with van der Waals surface area (Å²) < 4.78 is 17.1. The summed E-state index contributed by atoms with van der Waals surface area (Å²) in [6.07, 6.45) is 3.39. The molecule has 4 rings (SSSR count). The van der Waals surface area contributed by atoms with Crippen molar-refractivity contribution in [3.63, 3.8) is 0 Å². The molecule has 0 fully saturated rings. The maximum atomic E-state index is 13.7. The molecule has 2 amide bonds. The zero-order valence-electron chi connectivity index (χ0n) is 24.2. The van der Waals surface area contributed by atoms with Crippen LogP contribution in [0.5, 0.6) is 17.2 Å². The van der Waals surface area contributed by atoms with Crippen LogP contribution in [0, 0.1) is 5.92 Å². The van der Waals surface area contributed by atoms with E-state index in [9.17, 15) is 14.4 Å². The largest absolute Gasteiger partial charge is 0.493 e. The van der Waals surface area contributed by atoms with E-state index >= 15 is 0 Å². The molecule has 1 aliphatic carbocycles. The van der Waals surface area contributed by atoms with E-state index in [4.69, 9.17) is 14.2 Å². The monoisotopic (exact) mass is 563 g/mol. The molecule has 218 valence electrons. The zero-order chi connectivity index (χ0) is 29.7. The van der Waals surface area contributed by atoms with Gasteiger partial charge in [-0.3, -0.25) is 19.5 Å². The summed E-state index contributed by atoms with van der Waals surface area (Å²) in [5.74, 6) is 1.28. The topological polar surface area (TPSA) is 144 Å². The number of nitrogens with one attached hydrogen (secondary N) is 4. The van der Waals surface area contributed by atoms with E-state index < -0.39 is 12.1 Å². The summed E-state index contributed by atoms with van der Waals surface area (Å²) in [5.41, 5.74) is 2.98. The smallest absolute Gasteiger partial charge is 0.248 e. The predicted molar refractivity (Wildman–Crippen MR) is 157 cm³/mol. The quantitative estimate of drug-likeness (QED) is 0.289. The number of benzene rings is 1. The van der Waals surface area contributed by atoms with Gasteiger partial charge < -0.3 is 30.2 Å². The number of amides is 2. The highest BCUT2D eigenvalue weighted by Crippen LogP contribution is 2.50. The number of aromatic amines is 1. The van der Waals surface area contributed by atoms with E-state index in [0.29, 0.717) is 53.5 Å². The Labute approximate surface area is 239 Å². The van der Waals surface area contributed by atoms with Gasteiger partial charge in [0, 0.05) is 18.6 Å². The number of carbonyl (C=O) groups is 2. The summed E-state index contributed by atoms with van der Waals surface area (Å²) in [7, 11) is 4.65. The van der Waals surface area contributed by atoms with E-state index in [1.807, 2.05) is 26.0 Å². The fourth-order valence-corrected chi connectivity index (χ4v) is 5.23. The highest BCUT2D eigenvalue weighted by atomic mass is 16.5. The predicted octanol–water partition coefficient (Wildman–Crippen LogP) is 4.05. The molecule has 0 unspecified atom stereocenters. The van der Waals surface area contributed by atoms with Crippen LogP contribution in [-0.4, -0.2) is 49.4 Å². The average molecular weight is 564 g/mol. The molecule has 11 nitrogen and oxygen atoms in total. The minimum absolute atomic E-state index is 0.0923. The second-order valence-electron chi connectivity index (χ2n) is 10.1.